The Bertz CT molecular complexity index is 908. The van der Waals surface area contributed by atoms with Crippen LogP contribution in [0.2, 0.25) is 0 Å². The predicted molar refractivity (Wildman–Crippen MR) is 196 cm³/mol. The lowest BCUT2D eigenvalue weighted by Gasteiger charge is -2.38. The number of methoxy groups -OCH3 is 1. The second-order valence-corrected chi connectivity index (χ2v) is 13.0. The van der Waals surface area contributed by atoms with Crippen molar-refractivity contribution in [1.82, 2.24) is 15.1 Å². The standard InChI is InChI=1S/C22H37N3O2.C6H10O2.C4H8.C3H9N.CH4S/c1-17(2)25(20-9-8-12-23-16-20)22(26)19-11-10-18(3)21(15-19)24(4)13-6-7-14-27-5;1-3-6(2,4-7)5-8;1-4-2-3-4;1-4(2)3;1-2/h10-11,15,17,20,23H,6-9,12-14,16H2,1-5H3;4-5H,3H2,1-2H3;4H,2-3H2,1H3;1-3H3;2H,1H3/t20-;;;;/m1..../s1. The van der Waals surface area contributed by atoms with Crippen LogP contribution in [0.25, 0.3) is 0 Å². The molecule has 0 aromatic heterocycles. The zero-order valence-corrected chi connectivity index (χ0v) is 31.7. The van der Waals surface area contributed by atoms with Crippen LogP contribution in [0.3, 0.4) is 0 Å². The fraction of sp³-hybridized carbons (Fsp3) is 0.750. The minimum Gasteiger partial charge on any atom is -0.385 e. The van der Waals surface area contributed by atoms with E-state index in [0.29, 0.717) is 19.0 Å². The van der Waals surface area contributed by atoms with E-state index in [0.717, 1.165) is 69.1 Å². The van der Waals surface area contributed by atoms with Crippen LogP contribution in [0, 0.1) is 18.3 Å². The van der Waals surface area contributed by atoms with Crippen molar-refractivity contribution in [3.63, 3.8) is 0 Å². The van der Waals surface area contributed by atoms with Gasteiger partial charge in [-0.05, 0) is 117 Å². The van der Waals surface area contributed by atoms with Crippen molar-refractivity contribution >= 4 is 36.8 Å². The number of nitrogens with zero attached hydrogens (tertiary/aromatic N) is 3. The largest absolute Gasteiger partial charge is 0.385 e. The molecule has 2 aliphatic rings. The molecule has 2 fully saturated rings. The molecule has 0 bridgehead atoms. The highest BCUT2D eigenvalue weighted by Crippen LogP contribution is 2.27. The Labute approximate surface area is 282 Å². The Morgan fingerprint density at radius 2 is 1.64 bits per heavy atom. The summed E-state index contributed by atoms with van der Waals surface area (Å²) in [6.07, 6.45) is 10.9. The van der Waals surface area contributed by atoms with Gasteiger partial charge in [-0.2, -0.15) is 12.6 Å². The molecule has 1 aromatic carbocycles. The molecule has 1 heterocycles. The van der Waals surface area contributed by atoms with Crippen LogP contribution in [-0.2, 0) is 14.3 Å². The van der Waals surface area contributed by atoms with Gasteiger partial charge >= 0.3 is 0 Å². The van der Waals surface area contributed by atoms with Crippen LogP contribution >= 0.6 is 12.6 Å². The maximum atomic E-state index is 13.3. The number of carbonyl (C=O) groups is 3. The highest BCUT2D eigenvalue weighted by molar-refractivity contribution is 7.79. The van der Waals surface area contributed by atoms with Gasteiger partial charge in [0, 0.05) is 57.2 Å². The molecular weight excluding hydrogens is 584 g/mol. The molecule has 0 unspecified atom stereocenters. The number of rotatable bonds is 12. The first kappa shape index (κ1) is 45.2. The molecule has 262 valence electrons. The number of benzene rings is 1. The zero-order valence-electron chi connectivity index (χ0n) is 30.8. The Morgan fingerprint density at radius 1 is 1.09 bits per heavy atom. The first-order valence-electron chi connectivity index (χ1n) is 16.6. The van der Waals surface area contributed by atoms with Gasteiger partial charge < -0.3 is 34.3 Å². The highest BCUT2D eigenvalue weighted by Gasteiger charge is 2.28. The van der Waals surface area contributed by atoms with Gasteiger partial charge in [-0.1, -0.05) is 32.8 Å². The van der Waals surface area contributed by atoms with E-state index in [4.69, 9.17) is 4.74 Å². The van der Waals surface area contributed by atoms with Gasteiger partial charge in [0.2, 0.25) is 0 Å². The fourth-order valence-corrected chi connectivity index (χ4v) is 4.27. The molecule has 8 nitrogen and oxygen atoms in total. The Morgan fingerprint density at radius 3 is 2.02 bits per heavy atom. The lowest BCUT2D eigenvalue weighted by Crippen LogP contribution is -2.51. The zero-order chi connectivity index (χ0) is 35.0. The lowest BCUT2D eigenvalue weighted by atomic mass is 9.92. The number of aldehydes is 2. The van der Waals surface area contributed by atoms with E-state index in [1.165, 1.54) is 18.4 Å². The minimum atomic E-state index is -0.736. The molecule has 1 aromatic rings. The van der Waals surface area contributed by atoms with E-state index in [1.807, 2.05) is 39.0 Å². The Kier molecular flexibility index (Phi) is 26.3. The molecular formula is C36H68N4O4S. The van der Waals surface area contributed by atoms with Crippen molar-refractivity contribution in [2.45, 2.75) is 98.6 Å². The van der Waals surface area contributed by atoms with E-state index in [1.54, 1.807) is 20.3 Å². The molecule has 0 radical (unpaired) electrons. The highest BCUT2D eigenvalue weighted by atomic mass is 32.1. The number of aryl methyl sites for hydroxylation is 1. The lowest BCUT2D eigenvalue weighted by molar-refractivity contribution is -0.125. The van der Waals surface area contributed by atoms with Crippen LogP contribution in [0.4, 0.5) is 5.69 Å². The van der Waals surface area contributed by atoms with E-state index >= 15 is 0 Å². The topological polar surface area (TPSA) is 82.2 Å². The number of nitrogens with one attached hydrogen (secondary N) is 1. The van der Waals surface area contributed by atoms with Crippen molar-refractivity contribution in [3.8, 4) is 0 Å². The van der Waals surface area contributed by atoms with Gasteiger partial charge in [0.05, 0.1) is 5.41 Å². The molecule has 1 aliphatic carbocycles. The summed E-state index contributed by atoms with van der Waals surface area (Å²) in [5.41, 5.74) is 2.40. The summed E-state index contributed by atoms with van der Waals surface area (Å²) in [4.78, 5) is 39.8. The van der Waals surface area contributed by atoms with Crippen molar-refractivity contribution in [2.75, 3.05) is 72.7 Å². The first-order chi connectivity index (χ1) is 21.3. The van der Waals surface area contributed by atoms with E-state index in [-0.39, 0.29) is 18.0 Å². The summed E-state index contributed by atoms with van der Waals surface area (Å²) < 4.78 is 5.14. The molecule has 45 heavy (non-hydrogen) atoms. The van der Waals surface area contributed by atoms with Crippen LogP contribution in [0.1, 0.15) is 95.5 Å². The molecule has 1 saturated heterocycles. The van der Waals surface area contributed by atoms with Crippen molar-refractivity contribution in [1.29, 1.82) is 0 Å². The van der Waals surface area contributed by atoms with Crippen LogP contribution in [0.15, 0.2) is 18.2 Å². The average Bonchev–Trinajstić information content (AvgIpc) is 3.82. The van der Waals surface area contributed by atoms with E-state index in [2.05, 4.69) is 74.6 Å². The smallest absolute Gasteiger partial charge is 0.254 e. The maximum Gasteiger partial charge on any atom is 0.254 e. The summed E-state index contributed by atoms with van der Waals surface area (Å²) in [6.45, 7) is 15.7. The summed E-state index contributed by atoms with van der Waals surface area (Å²) in [7, 11) is 9.85. The third-order valence-corrected chi connectivity index (χ3v) is 7.58. The van der Waals surface area contributed by atoms with Gasteiger partial charge in [0.15, 0.2) is 0 Å². The van der Waals surface area contributed by atoms with Gasteiger partial charge in [0.25, 0.3) is 5.91 Å². The number of anilines is 1. The van der Waals surface area contributed by atoms with Gasteiger partial charge in [0.1, 0.15) is 12.6 Å². The van der Waals surface area contributed by atoms with Crippen LogP contribution in [0.5, 0.6) is 0 Å². The number of thiol groups is 1. The molecule has 9 heteroatoms. The number of hydrogen-bond donors (Lipinski definition) is 2. The summed E-state index contributed by atoms with van der Waals surface area (Å²) in [6, 6.07) is 6.60. The van der Waals surface area contributed by atoms with Gasteiger partial charge in [-0.25, -0.2) is 0 Å². The second kappa shape index (κ2) is 26.2. The van der Waals surface area contributed by atoms with Crippen molar-refractivity contribution < 1.29 is 19.1 Å². The monoisotopic (exact) mass is 652 g/mol. The third-order valence-electron chi connectivity index (χ3n) is 7.58. The van der Waals surface area contributed by atoms with Crippen LogP contribution in [-0.4, -0.2) is 108 Å². The quantitative estimate of drug-likeness (QED) is 0.117. The minimum absolute atomic E-state index is 0.146. The summed E-state index contributed by atoms with van der Waals surface area (Å²) in [5, 5.41) is 3.44. The van der Waals surface area contributed by atoms with Crippen LogP contribution < -0.4 is 10.2 Å². The van der Waals surface area contributed by atoms with Crippen molar-refractivity contribution in [3.05, 3.63) is 29.3 Å². The van der Waals surface area contributed by atoms with E-state index < -0.39 is 5.41 Å². The molecule has 1 saturated carbocycles. The predicted octanol–water partition coefficient (Wildman–Crippen LogP) is 6.40. The summed E-state index contributed by atoms with van der Waals surface area (Å²) >= 11 is 3.53. The first-order valence-corrected chi connectivity index (χ1v) is 17.5. The number of unbranched alkanes of at least 4 members (excludes halogenated alkanes) is 1. The second-order valence-electron chi connectivity index (χ2n) is 13.0. The molecule has 1 N–H and O–H groups in total. The normalized spacial score (nSPS) is 15.5. The summed E-state index contributed by atoms with van der Waals surface area (Å²) in [5.74, 6) is 1.23. The third kappa shape index (κ3) is 20.7. The average molecular weight is 653 g/mol. The molecule has 1 aliphatic heterocycles. The number of ether oxygens (including phenoxy) is 1. The van der Waals surface area contributed by atoms with Crippen molar-refractivity contribution in [2.24, 2.45) is 11.3 Å². The molecule has 0 spiro atoms. The fourth-order valence-electron chi connectivity index (χ4n) is 4.27. The Balaban J connectivity index is 0. The number of piperidine rings is 1. The Hall–Kier alpha value is -1.94. The molecule has 1 amide bonds. The number of carbonyl (C=O) groups excluding carboxylic acids is 3. The SMILES string of the molecule is CC1CC1.CCC(C)(C=O)C=O.CN(C)C.COCCCCN(C)c1cc(C(=O)N(C(C)C)[C@@H]2CCCNC2)ccc1C.CS. The molecule has 1 atom stereocenters. The van der Waals surface area contributed by atoms with E-state index in [9.17, 15) is 14.4 Å². The van der Waals surface area contributed by atoms with Gasteiger partial charge in [-0.15, -0.1) is 0 Å². The number of hydrogen-bond acceptors (Lipinski definition) is 8. The van der Waals surface area contributed by atoms with Gasteiger partial charge in [-0.3, -0.25) is 4.79 Å². The number of amides is 1. The maximum absolute atomic E-state index is 13.3. The molecule has 3 rings (SSSR count).